The topological polar surface area (TPSA) is 101 Å². The van der Waals surface area contributed by atoms with Gasteiger partial charge in [-0.05, 0) is 24.1 Å². The van der Waals surface area contributed by atoms with Crippen molar-refractivity contribution in [1.29, 1.82) is 0 Å². The highest BCUT2D eigenvalue weighted by Gasteiger charge is 2.05. The number of hydrogen-bond donors (Lipinski definition) is 3. The molecular formula is C14H15FN4O2S. The van der Waals surface area contributed by atoms with Gasteiger partial charge in [0.15, 0.2) is 5.16 Å². The number of H-pyrrole nitrogens is 1. The quantitative estimate of drug-likeness (QED) is 0.543. The number of nitrogens with two attached hydrogens (primary N) is 1. The van der Waals surface area contributed by atoms with Gasteiger partial charge in [-0.3, -0.25) is 9.59 Å². The van der Waals surface area contributed by atoms with E-state index in [2.05, 4.69) is 15.3 Å². The number of hydrogen-bond acceptors (Lipinski definition) is 5. The maximum absolute atomic E-state index is 12.7. The van der Waals surface area contributed by atoms with E-state index >= 15 is 0 Å². The highest BCUT2D eigenvalue weighted by atomic mass is 32.2. The van der Waals surface area contributed by atoms with Gasteiger partial charge in [0.1, 0.15) is 11.6 Å². The van der Waals surface area contributed by atoms with Crippen LogP contribution in [0.25, 0.3) is 0 Å². The van der Waals surface area contributed by atoms with E-state index in [9.17, 15) is 14.0 Å². The lowest BCUT2D eigenvalue weighted by molar-refractivity contribution is -0.118. The predicted molar refractivity (Wildman–Crippen MR) is 83.1 cm³/mol. The molecule has 116 valence electrons. The van der Waals surface area contributed by atoms with E-state index in [-0.39, 0.29) is 28.9 Å². The summed E-state index contributed by atoms with van der Waals surface area (Å²) in [5, 5.41) is 3.05. The molecular weight excluding hydrogens is 307 g/mol. The van der Waals surface area contributed by atoms with Gasteiger partial charge in [0.05, 0.1) is 5.75 Å². The van der Waals surface area contributed by atoms with Gasteiger partial charge in [-0.1, -0.05) is 23.9 Å². The molecule has 1 aromatic carbocycles. The Morgan fingerprint density at radius 3 is 2.77 bits per heavy atom. The van der Waals surface area contributed by atoms with Gasteiger partial charge in [0.25, 0.3) is 5.56 Å². The van der Waals surface area contributed by atoms with E-state index in [1.165, 1.54) is 18.2 Å². The summed E-state index contributed by atoms with van der Waals surface area (Å²) in [5.41, 5.74) is 6.04. The first-order valence-electron chi connectivity index (χ1n) is 6.54. The molecule has 22 heavy (non-hydrogen) atoms. The predicted octanol–water partition coefficient (Wildman–Crippen LogP) is 0.942. The van der Waals surface area contributed by atoms with Crippen LogP contribution in [-0.4, -0.2) is 28.2 Å². The maximum Gasteiger partial charge on any atom is 0.253 e. The lowest BCUT2D eigenvalue weighted by atomic mass is 10.1. The largest absolute Gasteiger partial charge is 0.383 e. The molecule has 0 atom stereocenters. The number of nitrogen functional groups attached to an aromatic ring is 1. The average molecular weight is 322 g/mol. The van der Waals surface area contributed by atoms with Gasteiger partial charge in [0, 0.05) is 12.6 Å². The second-order valence-corrected chi connectivity index (χ2v) is 5.45. The number of benzene rings is 1. The van der Waals surface area contributed by atoms with Gasteiger partial charge < -0.3 is 16.0 Å². The molecule has 0 fully saturated rings. The minimum Gasteiger partial charge on any atom is -0.383 e. The summed E-state index contributed by atoms with van der Waals surface area (Å²) in [6.07, 6.45) is 0.615. The van der Waals surface area contributed by atoms with E-state index in [1.54, 1.807) is 12.1 Å². The lowest BCUT2D eigenvalue weighted by Crippen LogP contribution is -2.27. The second kappa shape index (κ2) is 7.60. The fraction of sp³-hybridized carbons (Fsp3) is 0.214. The van der Waals surface area contributed by atoms with Crippen molar-refractivity contribution in [2.45, 2.75) is 11.6 Å². The third-order valence-corrected chi connectivity index (χ3v) is 3.60. The number of anilines is 1. The van der Waals surface area contributed by atoms with E-state index < -0.39 is 0 Å². The molecule has 8 heteroatoms. The summed E-state index contributed by atoms with van der Waals surface area (Å²) in [6.45, 7) is 0.450. The van der Waals surface area contributed by atoms with Crippen LogP contribution in [0.5, 0.6) is 0 Å². The number of carbonyl (C=O) groups excluding carboxylic acids is 1. The second-order valence-electron chi connectivity index (χ2n) is 4.49. The normalized spacial score (nSPS) is 10.4. The Hall–Kier alpha value is -2.35. The number of rotatable bonds is 6. The molecule has 0 unspecified atom stereocenters. The number of thioether (sulfide) groups is 1. The Labute approximate surface area is 130 Å². The maximum atomic E-state index is 12.7. The molecule has 1 amide bonds. The van der Waals surface area contributed by atoms with Crippen molar-refractivity contribution >= 4 is 23.5 Å². The smallest absolute Gasteiger partial charge is 0.253 e. The minimum absolute atomic E-state index is 0.114. The Balaban J connectivity index is 1.73. The fourth-order valence-electron chi connectivity index (χ4n) is 1.70. The van der Waals surface area contributed by atoms with Gasteiger partial charge in [-0.15, -0.1) is 0 Å². The summed E-state index contributed by atoms with van der Waals surface area (Å²) in [7, 11) is 0. The van der Waals surface area contributed by atoms with Crippen molar-refractivity contribution in [3.05, 3.63) is 52.1 Å². The molecule has 0 saturated carbocycles. The van der Waals surface area contributed by atoms with Crippen molar-refractivity contribution in [2.24, 2.45) is 0 Å². The van der Waals surface area contributed by atoms with E-state index in [4.69, 9.17) is 5.73 Å². The first-order valence-corrected chi connectivity index (χ1v) is 7.52. The minimum atomic E-state index is -0.355. The fourth-order valence-corrected chi connectivity index (χ4v) is 2.42. The number of amides is 1. The molecule has 0 aliphatic heterocycles. The average Bonchev–Trinajstić information content (AvgIpc) is 2.46. The van der Waals surface area contributed by atoms with Gasteiger partial charge >= 0.3 is 0 Å². The molecule has 0 bridgehead atoms. The van der Waals surface area contributed by atoms with E-state index in [0.29, 0.717) is 18.1 Å². The summed E-state index contributed by atoms with van der Waals surface area (Å²) in [6, 6.07) is 7.30. The monoisotopic (exact) mass is 322 g/mol. The van der Waals surface area contributed by atoms with Crippen LogP contribution in [0, 0.1) is 5.82 Å². The first-order chi connectivity index (χ1) is 10.5. The summed E-state index contributed by atoms with van der Waals surface area (Å²) in [5.74, 6) is -0.233. The van der Waals surface area contributed by atoms with Crippen LogP contribution in [0.2, 0.25) is 0 Å². The first kappa shape index (κ1) is 16.0. The molecule has 0 spiro atoms. The van der Waals surface area contributed by atoms with Gasteiger partial charge in [-0.25, -0.2) is 9.37 Å². The Bertz CT molecular complexity index is 703. The molecule has 4 N–H and O–H groups in total. The number of aromatic nitrogens is 2. The van der Waals surface area contributed by atoms with Gasteiger partial charge in [0.2, 0.25) is 5.91 Å². The van der Waals surface area contributed by atoms with E-state index in [1.807, 2.05) is 0 Å². The summed E-state index contributed by atoms with van der Waals surface area (Å²) >= 11 is 1.10. The Morgan fingerprint density at radius 1 is 1.36 bits per heavy atom. The highest BCUT2D eigenvalue weighted by molar-refractivity contribution is 7.99. The Morgan fingerprint density at radius 2 is 2.09 bits per heavy atom. The number of halogens is 1. The molecule has 0 saturated heterocycles. The van der Waals surface area contributed by atoms with E-state index in [0.717, 1.165) is 17.3 Å². The molecule has 6 nitrogen and oxygen atoms in total. The van der Waals surface area contributed by atoms with Crippen LogP contribution in [0.3, 0.4) is 0 Å². The van der Waals surface area contributed by atoms with Crippen LogP contribution in [-0.2, 0) is 11.2 Å². The van der Waals surface area contributed by atoms with Crippen molar-refractivity contribution in [2.75, 3.05) is 18.0 Å². The molecule has 0 radical (unpaired) electrons. The third kappa shape index (κ3) is 5.21. The zero-order chi connectivity index (χ0) is 15.9. The molecule has 2 aromatic rings. The van der Waals surface area contributed by atoms with Crippen molar-refractivity contribution in [3.8, 4) is 0 Å². The van der Waals surface area contributed by atoms with Crippen molar-refractivity contribution in [3.63, 3.8) is 0 Å². The van der Waals surface area contributed by atoms with Crippen LogP contribution < -0.4 is 16.6 Å². The molecule has 0 aliphatic rings. The number of carbonyl (C=O) groups is 1. The number of nitrogens with one attached hydrogen (secondary N) is 2. The number of aromatic amines is 1. The van der Waals surface area contributed by atoms with Crippen molar-refractivity contribution < 1.29 is 9.18 Å². The standard InChI is InChI=1S/C14H15FN4O2S/c15-10-3-1-9(2-4-10)5-6-17-13(21)8-22-14-18-11(16)7-12(20)19-14/h1-4,7H,5-6,8H2,(H,17,21)(H3,16,18,19,20). The zero-order valence-electron chi connectivity index (χ0n) is 11.6. The van der Waals surface area contributed by atoms with Gasteiger partial charge in [-0.2, -0.15) is 0 Å². The van der Waals surface area contributed by atoms with Crippen molar-refractivity contribution in [1.82, 2.24) is 15.3 Å². The molecule has 0 aliphatic carbocycles. The third-order valence-electron chi connectivity index (χ3n) is 2.73. The summed E-state index contributed by atoms with van der Waals surface area (Å²) in [4.78, 5) is 29.3. The molecule has 1 aromatic heterocycles. The Kier molecular flexibility index (Phi) is 5.54. The van der Waals surface area contributed by atoms with Crippen LogP contribution in [0.4, 0.5) is 10.2 Å². The zero-order valence-corrected chi connectivity index (χ0v) is 12.5. The lowest BCUT2D eigenvalue weighted by Gasteiger charge is -2.05. The SMILES string of the molecule is Nc1cc(=O)[nH]c(SCC(=O)NCCc2ccc(F)cc2)n1. The summed E-state index contributed by atoms with van der Waals surface area (Å²) < 4.78 is 12.7. The van der Waals surface area contributed by atoms with Crippen LogP contribution in [0.1, 0.15) is 5.56 Å². The van der Waals surface area contributed by atoms with Crippen LogP contribution >= 0.6 is 11.8 Å². The molecule has 2 rings (SSSR count). The highest BCUT2D eigenvalue weighted by Crippen LogP contribution is 2.11. The number of nitrogens with zero attached hydrogens (tertiary/aromatic N) is 1. The molecule has 1 heterocycles. The van der Waals surface area contributed by atoms with Crippen LogP contribution in [0.15, 0.2) is 40.3 Å².